The molecule has 2 aromatic carbocycles. The zero-order chi connectivity index (χ0) is 18.3. The molecule has 26 heavy (non-hydrogen) atoms. The molecule has 0 unspecified atom stereocenters. The first-order valence-corrected chi connectivity index (χ1v) is 8.26. The lowest BCUT2D eigenvalue weighted by atomic mass is 10.1. The summed E-state index contributed by atoms with van der Waals surface area (Å²) in [6, 6.07) is 11.3. The largest absolute Gasteiger partial charge is 0.497 e. The summed E-state index contributed by atoms with van der Waals surface area (Å²) in [4.78, 5) is 16.9. The number of oxazole rings is 1. The molecule has 4 aromatic rings. The average molecular weight is 350 g/mol. The van der Waals surface area contributed by atoms with Crippen LogP contribution in [0, 0.1) is 13.8 Å². The molecule has 1 N–H and O–H groups in total. The molecule has 0 saturated carbocycles. The highest BCUT2D eigenvalue weighted by Crippen LogP contribution is 2.26. The number of aryl methyl sites for hydroxylation is 2. The van der Waals surface area contributed by atoms with Gasteiger partial charge < -0.3 is 18.9 Å². The van der Waals surface area contributed by atoms with Crippen molar-refractivity contribution in [3.05, 3.63) is 59.2 Å². The SMILES string of the molecule is COc1ccc2oc(CNC(=O)c3oc4cc(C)ccc4c3C)nc2c1. The highest BCUT2D eigenvalue weighted by Gasteiger charge is 2.18. The molecular formula is C20H18N2O4. The normalized spacial score (nSPS) is 11.2. The van der Waals surface area contributed by atoms with Crippen LogP contribution in [0.5, 0.6) is 5.75 Å². The summed E-state index contributed by atoms with van der Waals surface area (Å²) in [6.07, 6.45) is 0. The van der Waals surface area contributed by atoms with E-state index in [-0.39, 0.29) is 12.5 Å². The van der Waals surface area contributed by atoms with Crippen LogP contribution in [0.15, 0.2) is 45.2 Å². The van der Waals surface area contributed by atoms with E-state index < -0.39 is 0 Å². The van der Waals surface area contributed by atoms with E-state index >= 15 is 0 Å². The van der Waals surface area contributed by atoms with Gasteiger partial charge in [0, 0.05) is 17.0 Å². The summed E-state index contributed by atoms with van der Waals surface area (Å²) in [5.74, 6) is 1.14. The van der Waals surface area contributed by atoms with Gasteiger partial charge in [-0.3, -0.25) is 4.79 Å². The lowest BCUT2D eigenvalue weighted by Gasteiger charge is -2.00. The quantitative estimate of drug-likeness (QED) is 0.599. The summed E-state index contributed by atoms with van der Waals surface area (Å²) in [5, 5.41) is 3.74. The van der Waals surface area contributed by atoms with E-state index in [0.29, 0.717) is 34.1 Å². The minimum Gasteiger partial charge on any atom is -0.497 e. The predicted octanol–water partition coefficient (Wildman–Crippen LogP) is 4.13. The van der Waals surface area contributed by atoms with E-state index in [1.807, 2.05) is 32.0 Å². The number of rotatable bonds is 4. The van der Waals surface area contributed by atoms with Gasteiger partial charge in [-0.25, -0.2) is 4.98 Å². The Bertz CT molecular complexity index is 1120. The number of ether oxygens (including phenoxy) is 1. The van der Waals surface area contributed by atoms with Gasteiger partial charge in [-0.2, -0.15) is 0 Å². The van der Waals surface area contributed by atoms with Crippen molar-refractivity contribution < 1.29 is 18.4 Å². The molecule has 132 valence electrons. The molecule has 2 heterocycles. The fraction of sp³-hybridized carbons (Fsp3) is 0.200. The third-order valence-electron chi connectivity index (χ3n) is 4.34. The minimum atomic E-state index is -0.295. The van der Waals surface area contributed by atoms with Gasteiger partial charge in [-0.05, 0) is 37.6 Å². The first-order chi connectivity index (χ1) is 12.5. The molecule has 0 atom stereocenters. The molecule has 0 saturated heterocycles. The second-order valence-electron chi connectivity index (χ2n) is 6.18. The number of fused-ring (bicyclic) bond motifs is 2. The molecule has 0 fully saturated rings. The van der Waals surface area contributed by atoms with Gasteiger partial charge in [0.2, 0.25) is 5.89 Å². The second-order valence-corrected chi connectivity index (χ2v) is 6.18. The molecule has 6 nitrogen and oxygen atoms in total. The van der Waals surface area contributed by atoms with Crippen molar-refractivity contribution in [2.45, 2.75) is 20.4 Å². The van der Waals surface area contributed by atoms with Crippen LogP contribution >= 0.6 is 0 Å². The number of nitrogens with zero attached hydrogens (tertiary/aromatic N) is 1. The average Bonchev–Trinajstić information content (AvgIpc) is 3.19. The zero-order valence-electron chi connectivity index (χ0n) is 14.8. The second kappa shape index (κ2) is 6.22. The topological polar surface area (TPSA) is 77.5 Å². The van der Waals surface area contributed by atoms with Gasteiger partial charge in [0.25, 0.3) is 5.91 Å². The number of hydrogen-bond acceptors (Lipinski definition) is 5. The van der Waals surface area contributed by atoms with Gasteiger partial charge >= 0.3 is 0 Å². The summed E-state index contributed by atoms with van der Waals surface area (Å²) in [6.45, 7) is 4.03. The Morgan fingerprint density at radius 1 is 1.12 bits per heavy atom. The third-order valence-corrected chi connectivity index (χ3v) is 4.34. The lowest BCUT2D eigenvalue weighted by Crippen LogP contribution is -2.23. The number of methoxy groups -OCH3 is 1. The molecule has 0 aliphatic rings. The molecule has 0 radical (unpaired) electrons. The third kappa shape index (κ3) is 2.79. The maximum Gasteiger partial charge on any atom is 0.287 e. The fourth-order valence-electron chi connectivity index (χ4n) is 2.94. The van der Waals surface area contributed by atoms with Crippen molar-refractivity contribution in [1.29, 1.82) is 0 Å². The van der Waals surface area contributed by atoms with Gasteiger partial charge in [0.05, 0.1) is 13.7 Å². The van der Waals surface area contributed by atoms with E-state index in [4.69, 9.17) is 13.6 Å². The summed E-state index contributed by atoms with van der Waals surface area (Å²) in [7, 11) is 1.60. The Kier molecular flexibility index (Phi) is 3.88. The monoisotopic (exact) mass is 350 g/mol. The molecule has 6 heteroatoms. The fourth-order valence-corrected chi connectivity index (χ4v) is 2.94. The van der Waals surface area contributed by atoms with Gasteiger partial charge in [0.1, 0.15) is 16.8 Å². The molecule has 0 aliphatic heterocycles. The van der Waals surface area contributed by atoms with E-state index in [1.165, 1.54) is 0 Å². The highest BCUT2D eigenvalue weighted by atomic mass is 16.5. The van der Waals surface area contributed by atoms with Gasteiger partial charge in [-0.1, -0.05) is 12.1 Å². The van der Waals surface area contributed by atoms with Crippen molar-refractivity contribution in [3.63, 3.8) is 0 Å². The molecule has 2 aromatic heterocycles. The van der Waals surface area contributed by atoms with Crippen molar-refractivity contribution in [1.82, 2.24) is 10.3 Å². The number of hydrogen-bond donors (Lipinski definition) is 1. The van der Waals surface area contributed by atoms with E-state index in [9.17, 15) is 4.79 Å². The number of furan rings is 1. The van der Waals surface area contributed by atoms with Crippen molar-refractivity contribution in [2.75, 3.05) is 7.11 Å². The Hall–Kier alpha value is -3.28. The first-order valence-electron chi connectivity index (χ1n) is 8.26. The number of nitrogens with one attached hydrogen (secondary N) is 1. The molecule has 0 bridgehead atoms. The van der Waals surface area contributed by atoms with Crippen LogP contribution in [0.3, 0.4) is 0 Å². The highest BCUT2D eigenvalue weighted by molar-refractivity contribution is 5.99. The van der Waals surface area contributed by atoms with Crippen LogP contribution in [0.4, 0.5) is 0 Å². The molecule has 4 rings (SSSR count). The number of carbonyl (C=O) groups excluding carboxylic acids is 1. The van der Waals surface area contributed by atoms with E-state index in [1.54, 1.807) is 25.3 Å². The van der Waals surface area contributed by atoms with Crippen molar-refractivity contribution in [2.24, 2.45) is 0 Å². The van der Waals surface area contributed by atoms with Crippen LogP contribution < -0.4 is 10.1 Å². The Labute approximate surface area is 149 Å². The molecule has 0 spiro atoms. The Balaban J connectivity index is 1.54. The smallest absolute Gasteiger partial charge is 0.287 e. The van der Waals surface area contributed by atoms with E-state index in [0.717, 1.165) is 16.5 Å². The molecule has 0 aliphatic carbocycles. The van der Waals surface area contributed by atoms with Crippen LogP contribution in [0.25, 0.3) is 22.1 Å². The van der Waals surface area contributed by atoms with Crippen molar-refractivity contribution in [3.8, 4) is 5.75 Å². The van der Waals surface area contributed by atoms with Crippen LogP contribution in [-0.4, -0.2) is 18.0 Å². The maximum atomic E-state index is 12.5. The van der Waals surface area contributed by atoms with Gasteiger partial charge in [0.15, 0.2) is 11.3 Å². The number of amides is 1. The Morgan fingerprint density at radius 2 is 1.96 bits per heavy atom. The zero-order valence-corrected chi connectivity index (χ0v) is 14.8. The number of carbonyl (C=O) groups is 1. The molecular weight excluding hydrogens is 332 g/mol. The van der Waals surface area contributed by atoms with Crippen LogP contribution in [0.1, 0.15) is 27.6 Å². The standard InChI is InChI=1S/C20H18N2O4/c1-11-4-6-14-12(2)19(26-17(14)8-11)20(23)21-10-18-22-15-9-13(24-3)5-7-16(15)25-18/h4-9H,10H2,1-3H3,(H,21,23). The summed E-state index contributed by atoms with van der Waals surface area (Å²) in [5.41, 5.74) is 3.94. The van der Waals surface area contributed by atoms with E-state index in [2.05, 4.69) is 10.3 Å². The number of aromatic nitrogens is 1. The maximum absolute atomic E-state index is 12.5. The minimum absolute atomic E-state index is 0.172. The summed E-state index contributed by atoms with van der Waals surface area (Å²) < 4.78 is 16.6. The van der Waals surface area contributed by atoms with Gasteiger partial charge in [-0.15, -0.1) is 0 Å². The first kappa shape index (κ1) is 16.2. The molecule has 1 amide bonds. The van der Waals surface area contributed by atoms with Crippen LogP contribution in [0.2, 0.25) is 0 Å². The lowest BCUT2D eigenvalue weighted by molar-refractivity contribution is 0.0921. The number of benzene rings is 2. The van der Waals surface area contributed by atoms with Crippen molar-refractivity contribution >= 4 is 28.0 Å². The van der Waals surface area contributed by atoms with Crippen LogP contribution in [-0.2, 0) is 6.54 Å². The summed E-state index contributed by atoms with van der Waals surface area (Å²) >= 11 is 0. The Morgan fingerprint density at radius 3 is 2.77 bits per heavy atom. The predicted molar refractivity (Wildman–Crippen MR) is 97.4 cm³/mol.